The molecular formula is C12H18F3N3. The normalized spacial score (nSPS) is 25.1. The SMILES string of the molecule is CCn1cc(NC2CCC(C(F)(F)F)CC2)cn1. The molecule has 0 aromatic carbocycles. The van der Waals surface area contributed by atoms with Crippen LogP contribution in [0.25, 0.3) is 0 Å². The monoisotopic (exact) mass is 261 g/mol. The van der Waals surface area contributed by atoms with Crippen LogP contribution < -0.4 is 5.32 Å². The molecule has 102 valence electrons. The molecule has 0 aliphatic heterocycles. The van der Waals surface area contributed by atoms with E-state index in [2.05, 4.69) is 10.4 Å². The molecule has 2 rings (SSSR count). The second-order valence-corrected chi connectivity index (χ2v) is 4.82. The lowest BCUT2D eigenvalue weighted by molar-refractivity contribution is -0.182. The molecule has 0 atom stereocenters. The van der Waals surface area contributed by atoms with Crippen LogP contribution in [0.2, 0.25) is 0 Å². The summed E-state index contributed by atoms with van der Waals surface area (Å²) < 4.78 is 39.3. The van der Waals surface area contributed by atoms with Crippen LogP contribution in [0.3, 0.4) is 0 Å². The summed E-state index contributed by atoms with van der Waals surface area (Å²) in [7, 11) is 0. The van der Waals surface area contributed by atoms with Crippen molar-refractivity contribution >= 4 is 5.69 Å². The van der Waals surface area contributed by atoms with Crippen LogP contribution in [0, 0.1) is 5.92 Å². The third-order valence-electron chi connectivity index (χ3n) is 3.52. The molecule has 0 unspecified atom stereocenters. The molecule has 1 fully saturated rings. The van der Waals surface area contributed by atoms with Crippen molar-refractivity contribution in [1.29, 1.82) is 0 Å². The van der Waals surface area contributed by atoms with Crippen LogP contribution in [-0.4, -0.2) is 22.0 Å². The van der Waals surface area contributed by atoms with Gasteiger partial charge in [0.2, 0.25) is 0 Å². The topological polar surface area (TPSA) is 29.9 Å². The van der Waals surface area contributed by atoms with Gasteiger partial charge in [0.1, 0.15) is 0 Å². The minimum atomic E-state index is -4.03. The first-order valence-corrected chi connectivity index (χ1v) is 6.34. The fourth-order valence-electron chi connectivity index (χ4n) is 2.41. The van der Waals surface area contributed by atoms with Gasteiger partial charge in [-0.3, -0.25) is 4.68 Å². The van der Waals surface area contributed by atoms with E-state index in [1.807, 2.05) is 13.1 Å². The van der Waals surface area contributed by atoms with E-state index in [0.717, 1.165) is 12.2 Å². The molecule has 0 bridgehead atoms. The van der Waals surface area contributed by atoms with E-state index < -0.39 is 12.1 Å². The van der Waals surface area contributed by atoms with Crippen LogP contribution >= 0.6 is 0 Å². The summed E-state index contributed by atoms with van der Waals surface area (Å²) >= 11 is 0. The van der Waals surface area contributed by atoms with E-state index in [4.69, 9.17) is 0 Å². The van der Waals surface area contributed by atoms with Gasteiger partial charge in [0.05, 0.1) is 17.8 Å². The largest absolute Gasteiger partial charge is 0.391 e. The number of rotatable bonds is 3. The standard InChI is InChI=1S/C12H18F3N3/c1-2-18-8-11(7-16-18)17-10-5-3-9(4-6-10)12(13,14)15/h7-10,17H,2-6H2,1H3. The third kappa shape index (κ3) is 3.17. The Hall–Kier alpha value is -1.20. The van der Waals surface area contributed by atoms with E-state index in [1.54, 1.807) is 10.9 Å². The van der Waals surface area contributed by atoms with E-state index in [0.29, 0.717) is 12.8 Å². The van der Waals surface area contributed by atoms with Crippen LogP contribution in [0.15, 0.2) is 12.4 Å². The van der Waals surface area contributed by atoms with Gasteiger partial charge in [0, 0.05) is 18.8 Å². The predicted octanol–water partition coefficient (Wildman–Crippen LogP) is 3.44. The van der Waals surface area contributed by atoms with Crippen molar-refractivity contribution < 1.29 is 13.2 Å². The first kappa shape index (κ1) is 13.2. The van der Waals surface area contributed by atoms with Crippen molar-refractivity contribution in [2.75, 3.05) is 5.32 Å². The smallest absolute Gasteiger partial charge is 0.380 e. The number of aromatic nitrogens is 2. The highest BCUT2D eigenvalue weighted by Gasteiger charge is 2.41. The molecule has 1 aromatic rings. The van der Waals surface area contributed by atoms with E-state index in [-0.39, 0.29) is 18.9 Å². The van der Waals surface area contributed by atoms with Crippen LogP contribution in [0.5, 0.6) is 0 Å². The Morgan fingerprint density at radius 3 is 2.50 bits per heavy atom. The van der Waals surface area contributed by atoms with Gasteiger partial charge >= 0.3 is 6.18 Å². The summed E-state index contributed by atoms with van der Waals surface area (Å²) in [6.45, 7) is 2.79. The molecular weight excluding hydrogens is 243 g/mol. The Kier molecular flexibility index (Phi) is 3.82. The number of hydrogen-bond donors (Lipinski definition) is 1. The fraction of sp³-hybridized carbons (Fsp3) is 0.750. The first-order chi connectivity index (χ1) is 8.49. The molecule has 1 heterocycles. The summed E-state index contributed by atoms with van der Waals surface area (Å²) in [5.41, 5.74) is 0.896. The van der Waals surface area contributed by atoms with Crippen molar-refractivity contribution in [2.24, 2.45) is 5.92 Å². The molecule has 1 aliphatic carbocycles. The minimum Gasteiger partial charge on any atom is -0.380 e. The lowest BCUT2D eigenvalue weighted by Gasteiger charge is -2.30. The lowest BCUT2D eigenvalue weighted by Crippen LogP contribution is -2.32. The highest BCUT2D eigenvalue weighted by molar-refractivity contribution is 5.39. The van der Waals surface area contributed by atoms with Gasteiger partial charge in [-0.2, -0.15) is 18.3 Å². The van der Waals surface area contributed by atoms with Crippen LogP contribution in [0.1, 0.15) is 32.6 Å². The van der Waals surface area contributed by atoms with Gasteiger partial charge in [0.15, 0.2) is 0 Å². The molecule has 1 N–H and O–H groups in total. The Morgan fingerprint density at radius 1 is 1.33 bits per heavy atom. The van der Waals surface area contributed by atoms with Gasteiger partial charge in [-0.1, -0.05) is 0 Å². The highest BCUT2D eigenvalue weighted by Crippen LogP contribution is 2.38. The summed E-state index contributed by atoms with van der Waals surface area (Å²) in [5, 5.41) is 7.39. The molecule has 1 saturated carbocycles. The van der Waals surface area contributed by atoms with E-state index >= 15 is 0 Å². The number of anilines is 1. The van der Waals surface area contributed by atoms with Crippen molar-refractivity contribution in [3.8, 4) is 0 Å². The van der Waals surface area contributed by atoms with Gasteiger partial charge in [0.25, 0.3) is 0 Å². The zero-order valence-electron chi connectivity index (χ0n) is 10.4. The van der Waals surface area contributed by atoms with Crippen LogP contribution in [-0.2, 0) is 6.54 Å². The molecule has 3 nitrogen and oxygen atoms in total. The number of alkyl halides is 3. The summed E-state index contributed by atoms with van der Waals surface area (Å²) in [6, 6.07) is 0.137. The quantitative estimate of drug-likeness (QED) is 0.903. The minimum absolute atomic E-state index is 0.137. The van der Waals surface area contributed by atoms with Crippen LogP contribution in [0.4, 0.5) is 18.9 Å². The Bertz CT molecular complexity index is 378. The maximum Gasteiger partial charge on any atom is 0.391 e. The Labute approximate surface area is 104 Å². The zero-order chi connectivity index (χ0) is 13.2. The van der Waals surface area contributed by atoms with Crippen molar-refractivity contribution in [2.45, 2.75) is 51.4 Å². The molecule has 1 aromatic heterocycles. The van der Waals surface area contributed by atoms with Crippen molar-refractivity contribution in [1.82, 2.24) is 9.78 Å². The van der Waals surface area contributed by atoms with E-state index in [1.165, 1.54) is 0 Å². The summed E-state index contributed by atoms with van der Waals surface area (Å²) in [5.74, 6) is -1.12. The average molecular weight is 261 g/mol. The highest BCUT2D eigenvalue weighted by atomic mass is 19.4. The average Bonchev–Trinajstić information content (AvgIpc) is 2.76. The van der Waals surface area contributed by atoms with Gasteiger partial charge in [-0.05, 0) is 32.6 Å². The second kappa shape index (κ2) is 5.20. The molecule has 0 amide bonds. The summed E-state index contributed by atoms with van der Waals surface area (Å²) in [4.78, 5) is 0. The molecule has 0 radical (unpaired) electrons. The fourth-order valence-corrected chi connectivity index (χ4v) is 2.41. The Morgan fingerprint density at radius 2 is 2.00 bits per heavy atom. The number of nitrogens with zero attached hydrogens (tertiary/aromatic N) is 2. The zero-order valence-corrected chi connectivity index (χ0v) is 10.4. The number of nitrogens with one attached hydrogen (secondary N) is 1. The van der Waals surface area contributed by atoms with Crippen molar-refractivity contribution in [3.05, 3.63) is 12.4 Å². The maximum absolute atomic E-state index is 12.5. The molecule has 0 saturated heterocycles. The third-order valence-corrected chi connectivity index (χ3v) is 3.52. The van der Waals surface area contributed by atoms with Gasteiger partial charge in [-0.15, -0.1) is 0 Å². The lowest BCUT2D eigenvalue weighted by atomic mass is 9.85. The van der Waals surface area contributed by atoms with E-state index in [9.17, 15) is 13.2 Å². The van der Waals surface area contributed by atoms with Gasteiger partial charge < -0.3 is 5.32 Å². The molecule has 1 aliphatic rings. The van der Waals surface area contributed by atoms with Crippen molar-refractivity contribution in [3.63, 3.8) is 0 Å². The molecule has 0 spiro atoms. The molecule has 18 heavy (non-hydrogen) atoms. The second-order valence-electron chi connectivity index (χ2n) is 4.82. The predicted molar refractivity (Wildman–Crippen MR) is 63.3 cm³/mol. The van der Waals surface area contributed by atoms with Gasteiger partial charge in [-0.25, -0.2) is 0 Å². The molecule has 6 heteroatoms. The number of aryl methyl sites for hydroxylation is 1. The maximum atomic E-state index is 12.5. The number of halogens is 3. The number of hydrogen-bond acceptors (Lipinski definition) is 2. The summed E-state index contributed by atoms with van der Waals surface area (Å²) in [6.07, 6.45) is 1.17. The Balaban J connectivity index is 1.83. The first-order valence-electron chi connectivity index (χ1n) is 6.34.